The number of thioether (sulfide) groups is 2. The molecule has 6 heteroatoms. The van der Waals surface area contributed by atoms with E-state index in [1.54, 1.807) is 31.4 Å². The summed E-state index contributed by atoms with van der Waals surface area (Å²) in [5.41, 5.74) is 1.88. The molecule has 3 rings (SSSR count). The number of esters is 1. The minimum absolute atomic E-state index is 0.317. The van der Waals surface area contributed by atoms with E-state index in [2.05, 4.69) is 0 Å². The van der Waals surface area contributed by atoms with Crippen molar-refractivity contribution in [3.63, 3.8) is 0 Å². The lowest BCUT2D eigenvalue weighted by Gasteiger charge is -2.13. The smallest absolute Gasteiger partial charge is 0.336 e. The van der Waals surface area contributed by atoms with Gasteiger partial charge in [-0.15, -0.1) is 23.5 Å². The van der Waals surface area contributed by atoms with Gasteiger partial charge in [0.25, 0.3) is 0 Å². The van der Waals surface area contributed by atoms with Crippen molar-refractivity contribution in [3.05, 3.63) is 65.5 Å². The Morgan fingerprint density at radius 2 is 1.84 bits per heavy atom. The number of rotatable bonds is 5. The van der Waals surface area contributed by atoms with Crippen LogP contribution in [0.15, 0.2) is 48.5 Å². The second-order valence-electron chi connectivity index (χ2n) is 5.29. The second kappa shape index (κ2) is 8.45. The van der Waals surface area contributed by atoms with E-state index in [1.807, 2.05) is 35.7 Å². The molecule has 1 aliphatic rings. The Kier molecular flexibility index (Phi) is 6.04. The van der Waals surface area contributed by atoms with Crippen molar-refractivity contribution in [1.82, 2.24) is 0 Å². The summed E-state index contributed by atoms with van der Waals surface area (Å²) in [6.07, 6.45) is 2.89. The molecule has 25 heavy (non-hydrogen) atoms. The molecular formula is C19H17FO3S2. The van der Waals surface area contributed by atoms with E-state index in [-0.39, 0.29) is 5.82 Å². The highest BCUT2D eigenvalue weighted by molar-refractivity contribution is 8.19. The molecule has 1 aliphatic heterocycles. The summed E-state index contributed by atoms with van der Waals surface area (Å²) in [5, 5.41) is 0. The molecule has 0 unspecified atom stereocenters. The maximum absolute atomic E-state index is 12.9. The molecule has 130 valence electrons. The fraction of sp³-hybridized carbons (Fsp3) is 0.211. The van der Waals surface area contributed by atoms with Gasteiger partial charge < -0.3 is 9.47 Å². The number of hydrogen-bond donors (Lipinski definition) is 0. The molecule has 1 fully saturated rings. The Morgan fingerprint density at radius 1 is 1.12 bits per heavy atom. The lowest BCUT2D eigenvalue weighted by Crippen LogP contribution is -2.05. The van der Waals surface area contributed by atoms with Gasteiger partial charge in [-0.25, -0.2) is 9.18 Å². The zero-order chi connectivity index (χ0) is 17.6. The van der Waals surface area contributed by atoms with Gasteiger partial charge in [-0.1, -0.05) is 18.2 Å². The molecular weight excluding hydrogens is 359 g/mol. The van der Waals surface area contributed by atoms with Crippen LogP contribution in [0, 0.1) is 5.82 Å². The zero-order valence-electron chi connectivity index (χ0n) is 13.6. The highest BCUT2D eigenvalue weighted by Gasteiger charge is 2.20. The molecule has 3 nitrogen and oxygen atoms in total. The molecule has 0 bridgehead atoms. The summed E-state index contributed by atoms with van der Waals surface area (Å²) in [4.78, 5) is 12.0. The van der Waals surface area contributed by atoms with Crippen molar-refractivity contribution in [1.29, 1.82) is 0 Å². The van der Waals surface area contributed by atoms with Crippen LogP contribution in [-0.2, 0) is 4.79 Å². The van der Waals surface area contributed by atoms with E-state index in [9.17, 15) is 9.18 Å². The first-order valence-electron chi connectivity index (χ1n) is 7.72. The van der Waals surface area contributed by atoms with Gasteiger partial charge in [-0.2, -0.15) is 0 Å². The van der Waals surface area contributed by atoms with Gasteiger partial charge in [0.05, 0.1) is 11.7 Å². The first-order valence-corrected chi connectivity index (χ1v) is 9.82. The van der Waals surface area contributed by atoms with Gasteiger partial charge in [0.1, 0.15) is 5.82 Å². The van der Waals surface area contributed by atoms with E-state index in [1.165, 1.54) is 18.2 Å². The normalized spacial score (nSPS) is 14.8. The zero-order valence-corrected chi connectivity index (χ0v) is 15.2. The Hall–Kier alpha value is -1.92. The van der Waals surface area contributed by atoms with Crippen LogP contribution in [-0.4, -0.2) is 24.6 Å². The number of ether oxygens (including phenoxy) is 2. The molecule has 0 saturated carbocycles. The monoisotopic (exact) mass is 376 g/mol. The Morgan fingerprint density at radius 3 is 2.52 bits per heavy atom. The minimum atomic E-state index is -0.514. The lowest BCUT2D eigenvalue weighted by molar-refractivity contribution is -0.129. The summed E-state index contributed by atoms with van der Waals surface area (Å²) in [5.74, 6) is 2.37. The van der Waals surface area contributed by atoms with E-state index in [4.69, 9.17) is 9.47 Å². The van der Waals surface area contributed by atoms with Gasteiger partial charge >= 0.3 is 5.97 Å². The predicted octanol–water partition coefficient (Wildman–Crippen LogP) is 4.93. The summed E-state index contributed by atoms with van der Waals surface area (Å²) in [7, 11) is 1.56. The predicted molar refractivity (Wildman–Crippen MR) is 102 cm³/mol. The number of carbonyl (C=O) groups is 1. The van der Waals surface area contributed by atoms with E-state index < -0.39 is 5.97 Å². The van der Waals surface area contributed by atoms with Crippen LogP contribution in [0.25, 0.3) is 6.08 Å². The Balaban J connectivity index is 1.68. The first kappa shape index (κ1) is 17.9. The fourth-order valence-electron chi connectivity index (χ4n) is 2.35. The number of carbonyl (C=O) groups excluding carboxylic acids is 1. The molecule has 1 saturated heterocycles. The minimum Gasteiger partial charge on any atom is -0.493 e. The molecule has 1 heterocycles. The average Bonchev–Trinajstić information content (AvgIpc) is 3.16. The van der Waals surface area contributed by atoms with Gasteiger partial charge in [0.2, 0.25) is 0 Å². The Labute approximate surface area is 154 Å². The maximum Gasteiger partial charge on any atom is 0.336 e. The van der Waals surface area contributed by atoms with Crippen LogP contribution in [0.2, 0.25) is 0 Å². The van der Waals surface area contributed by atoms with Crippen molar-refractivity contribution in [2.45, 2.75) is 4.58 Å². The molecule has 2 aromatic rings. The van der Waals surface area contributed by atoms with Crippen LogP contribution in [0.1, 0.15) is 15.7 Å². The van der Waals surface area contributed by atoms with Gasteiger partial charge in [-0.3, -0.25) is 0 Å². The summed E-state index contributed by atoms with van der Waals surface area (Å²) in [6.45, 7) is 0. The van der Waals surface area contributed by atoms with E-state index >= 15 is 0 Å². The quantitative estimate of drug-likeness (QED) is 0.420. The molecule has 0 radical (unpaired) electrons. The first-order chi connectivity index (χ1) is 12.2. The van der Waals surface area contributed by atoms with Crippen molar-refractivity contribution in [2.75, 3.05) is 18.6 Å². The molecule has 0 aromatic heterocycles. The number of hydrogen-bond acceptors (Lipinski definition) is 5. The fourth-order valence-corrected chi connectivity index (χ4v) is 5.18. The number of benzene rings is 2. The third-order valence-electron chi connectivity index (χ3n) is 3.57. The molecule has 0 aliphatic carbocycles. The van der Waals surface area contributed by atoms with Gasteiger partial charge in [0, 0.05) is 17.6 Å². The van der Waals surface area contributed by atoms with E-state index in [0.717, 1.165) is 22.6 Å². The third kappa shape index (κ3) is 4.80. The topological polar surface area (TPSA) is 35.5 Å². The number of methoxy groups -OCH3 is 1. The maximum atomic E-state index is 12.9. The second-order valence-corrected chi connectivity index (χ2v) is 8.01. The highest BCUT2D eigenvalue weighted by Crippen LogP contribution is 2.46. The van der Waals surface area contributed by atoms with Crippen LogP contribution in [0.5, 0.6) is 11.5 Å². The number of halogens is 1. The van der Waals surface area contributed by atoms with Crippen LogP contribution >= 0.6 is 23.5 Å². The lowest BCUT2D eigenvalue weighted by atomic mass is 10.2. The van der Waals surface area contributed by atoms with Crippen LogP contribution in [0.4, 0.5) is 4.39 Å². The van der Waals surface area contributed by atoms with Crippen molar-refractivity contribution in [3.8, 4) is 11.5 Å². The average molecular weight is 376 g/mol. The molecule has 0 amide bonds. The summed E-state index contributed by atoms with van der Waals surface area (Å²) in [6, 6.07) is 11.5. The van der Waals surface area contributed by atoms with Gasteiger partial charge in [-0.05, 0) is 41.5 Å². The SMILES string of the molecule is COc1cc(C2SCCS2)ccc1OC(=O)/C=C/c1ccc(F)cc1. The summed E-state index contributed by atoms with van der Waals surface area (Å²) >= 11 is 3.81. The van der Waals surface area contributed by atoms with Gasteiger partial charge in [0.15, 0.2) is 11.5 Å². The Bertz CT molecular complexity index is 769. The van der Waals surface area contributed by atoms with Crippen molar-refractivity contribution >= 4 is 35.6 Å². The van der Waals surface area contributed by atoms with E-state index in [0.29, 0.717) is 16.1 Å². The largest absolute Gasteiger partial charge is 0.493 e. The van der Waals surface area contributed by atoms with Crippen molar-refractivity contribution < 1.29 is 18.7 Å². The third-order valence-corrected chi connectivity index (χ3v) is 6.68. The standard InChI is InChI=1S/C19H17FO3S2/c1-22-17-12-14(19-24-10-11-25-19)5-8-16(17)23-18(21)9-4-13-2-6-15(20)7-3-13/h2-9,12,19H,10-11H2,1H3/b9-4+. The molecule has 0 atom stereocenters. The molecule has 0 spiro atoms. The van der Waals surface area contributed by atoms with Crippen LogP contribution < -0.4 is 9.47 Å². The molecule has 0 N–H and O–H groups in total. The summed E-state index contributed by atoms with van der Waals surface area (Å²) < 4.78 is 24.0. The molecule has 2 aromatic carbocycles. The van der Waals surface area contributed by atoms with Crippen LogP contribution in [0.3, 0.4) is 0 Å². The highest BCUT2D eigenvalue weighted by atomic mass is 32.2. The van der Waals surface area contributed by atoms with Crippen molar-refractivity contribution in [2.24, 2.45) is 0 Å².